The van der Waals surface area contributed by atoms with Crippen molar-refractivity contribution < 1.29 is 22.7 Å². The van der Waals surface area contributed by atoms with Gasteiger partial charge in [0.25, 0.3) is 0 Å². The van der Waals surface area contributed by atoms with Crippen LogP contribution in [0.2, 0.25) is 0 Å². The predicted octanol–water partition coefficient (Wildman–Crippen LogP) is 5.42. The van der Waals surface area contributed by atoms with Gasteiger partial charge < -0.3 is 10.0 Å². The third-order valence-electron chi connectivity index (χ3n) is 7.62. The molecule has 0 amide bonds. The fourth-order valence-electron chi connectivity index (χ4n) is 5.12. The van der Waals surface area contributed by atoms with Crippen molar-refractivity contribution in [1.29, 1.82) is 0 Å². The Morgan fingerprint density at radius 1 is 1.20 bits per heavy atom. The number of nitrogens with zero attached hydrogens (tertiary/aromatic N) is 3. The van der Waals surface area contributed by atoms with Gasteiger partial charge in [-0.3, -0.25) is 0 Å². The Balaban J connectivity index is 1.93. The molecule has 1 aromatic carbocycles. The minimum Gasteiger partial charge on any atom is -0.394 e. The Labute approximate surface area is 205 Å². The third kappa shape index (κ3) is 4.72. The van der Waals surface area contributed by atoms with E-state index in [1.165, 1.54) is 10.2 Å². The van der Waals surface area contributed by atoms with Gasteiger partial charge in [-0.2, -0.15) is 13.2 Å². The lowest BCUT2D eigenvalue weighted by atomic mass is 9.74. The summed E-state index contributed by atoms with van der Waals surface area (Å²) in [5.74, 6) is 0.325. The van der Waals surface area contributed by atoms with Crippen LogP contribution in [0.4, 0.5) is 23.5 Å². The summed E-state index contributed by atoms with van der Waals surface area (Å²) in [4.78, 5) is 10.0. The lowest BCUT2D eigenvalue weighted by Crippen LogP contribution is -2.60. The van der Waals surface area contributed by atoms with Crippen molar-refractivity contribution in [3.63, 3.8) is 0 Å². The van der Waals surface area contributed by atoms with E-state index >= 15 is 0 Å². The maximum Gasteiger partial charge on any atom is 0.419 e. The van der Waals surface area contributed by atoms with Gasteiger partial charge in [0.05, 0.1) is 17.8 Å². The number of allylic oxidation sites excluding steroid dienone is 1. The largest absolute Gasteiger partial charge is 0.419 e. The van der Waals surface area contributed by atoms with Crippen molar-refractivity contribution in [3.05, 3.63) is 52.9 Å². The molecule has 4 nitrogen and oxygen atoms in total. The molecule has 1 unspecified atom stereocenters. The number of benzene rings is 1. The van der Waals surface area contributed by atoms with Gasteiger partial charge in [0.2, 0.25) is 5.95 Å². The van der Waals surface area contributed by atoms with E-state index in [0.29, 0.717) is 5.57 Å². The third-order valence-corrected chi connectivity index (χ3v) is 9.00. The van der Waals surface area contributed by atoms with E-state index in [1.807, 2.05) is 25.1 Å². The molecule has 4 rings (SSSR count). The minimum absolute atomic E-state index is 0.0325. The van der Waals surface area contributed by atoms with Crippen molar-refractivity contribution >= 4 is 24.7 Å². The quantitative estimate of drug-likeness (QED) is 0.432. The fourth-order valence-corrected chi connectivity index (χ4v) is 6.26. The molecule has 2 atom stereocenters. The molecule has 9 heteroatoms. The first-order chi connectivity index (χ1) is 16.4. The molecule has 1 fully saturated rings. The Kier molecular flexibility index (Phi) is 7.02. The standard InChI is InChI=1S/C26H32F4N3OP/c1-15-9-19-18(7-6-8-22(19)35(4)5)20(10-16(15)2)23-21(26(28,29)30)13-31-24(32-23)33(3)25(14-34)11-17(27)12-25/h6-8,10,13,15-17,34H,9,11-12,14H2,1-5H3/t15-,16?,17?,25?/m1/s1. The lowest BCUT2D eigenvalue weighted by molar-refractivity contribution is -0.138. The summed E-state index contributed by atoms with van der Waals surface area (Å²) in [6, 6.07) is 5.86. The van der Waals surface area contributed by atoms with E-state index in [1.54, 1.807) is 7.05 Å². The van der Waals surface area contributed by atoms with Crippen LogP contribution in [0, 0.1) is 11.8 Å². The van der Waals surface area contributed by atoms with E-state index in [2.05, 4.69) is 36.3 Å². The number of rotatable bonds is 5. The first-order valence-electron chi connectivity index (χ1n) is 11.8. The fraction of sp³-hybridized carbons (Fsp3) is 0.538. The maximum absolute atomic E-state index is 14.2. The zero-order valence-electron chi connectivity index (χ0n) is 20.7. The number of aliphatic hydroxyl groups is 1. The summed E-state index contributed by atoms with van der Waals surface area (Å²) in [7, 11) is 1.14. The molecule has 2 aromatic rings. The van der Waals surface area contributed by atoms with Crippen LogP contribution in [-0.2, 0) is 12.6 Å². The topological polar surface area (TPSA) is 49.2 Å². The number of fused-ring (bicyclic) bond motifs is 1. The summed E-state index contributed by atoms with van der Waals surface area (Å²) >= 11 is 0. The van der Waals surface area contributed by atoms with Gasteiger partial charge in [-0.05, 0) is 48.0 Å². The smallest absolute Gasteiger partial charge is 0.394 e. The monoisotopic (exact) mass is 509 g/mol. The normalized spacial score (nSPS) is 26.6. The number of aromatic nitrogens is 2. The van der Waals surface area contributed by atoms with E-state index < -0.39 is 31.4 Å². The molecule has 0 bridgehead atoms. The molecule has 35 heavy (non-hydrogen) atoms. The molecule has 0 radical (unpaired) electrons. The molecule has 0 spiro atoms. The Bertz CT molecular complexity index is 1130. The van der Waals surface area contributed by atoms with Gasteiger partial charge in [-0.25, -0.2) is 14.4 Å². The SMILES string of the molecule is CC1C=C(c2nc(N(C)C3(CO)CC(F)C3)ncc2C(F)(F)F)c2cccc(P(C)C)c2C[C@H]1C. The van der Waals surface area contributed by atoms with Crippen LogP contribution < -0.4 is 10.2 Å². The number of alkyl halides is 4. The van der Waals surface area contributed by atoms with E-state index in [-0.39, 0.29) is 42.9 Å². The highest BCUT2D eigenvalue weighted by Crippen LogP contribution is 2.44. The summed E-state index contributed by atoms with van der Waals surface area (Å²) < 4.78 is 56.4. The molecule has 1 saturated carbocycles. The van der Waals surface area contributed by atoms with Crippen LogP contribution >= 0.6 is 7.92 Å². The lowest BCUT2D eigenvalue weighted by Gasteiger charge is -2.49. The minimum atomic E-state index is -4.65. The van der Waals surface area contributed by atoms with Crippen LogP contribution in [0.3, 0.4) is 0 Å². The van der Waals surface area contributed by atoms with Crippen molar-refractivity contribution in [1.82, 2.24) is 9.97 Å². The van der Waals surface area contributed by atoms with Crippen LogP contribution in [0.15, 0.2) is 30.5 Å². The van der Waals surface area contributed by atoms with Crippen molar-refractivity contribution in [2.24, 2.45) is 11.8 Å². The highest BCUT2D eigenvalue weighted by Gasteiger charge is 2.49. The van der Waals surface area contributed by atoms with Gasteiger partial charge in [-0.15, -0.1) is 0 Å². The Morgan fingerprint density at radius 3 is 2.46 bits per heavy atom. The average Bonchev–Trinajstić information content (AvgIpc) is 2.91. The Hall–Kier alpha value is -2.05. The van der Waals surface area contributed by atoms with Gasteiger partial charge in [0.15, 0.2) is 0 Å². The van der Waals surface area contributed by atoms with Crippen LogP contribution in [-0.4, -0.2) is 53.8 Å². The Morgan fingerprint density at radius 2 is 1.89 bits per heavy atom. The van der Waals surface area contributed by atoms with Gasteiger partial charge in [0, 0.05) is 31.7 Å². The van der Waals surface area contributed by atoms with Crippen LogP contribution in [0.25, 0.3) is 5.57 Å². The second-order valence-corrected chi connectivity index (χ2v) is 12.5. The van der Waals surface area contributed by atoms with Crippen molar-refractivity contribution in [2.75, 3.05) is 31.9 Å². The number of hydrogen-bond acceptors (Lipinski definition) is 4. The van der Waals surface area contributed by atoms with E-state index in [4.69, 9.17) is 0 Å². The van der Waals surface area contributed by atoms with Gasteiger partial charge in [0.1, 0.15) is 11.7 Å². The molecule has 2 aliphatic carbocycles. The van der Waals surface area contributed by atoms with Crippen LogP contribution in [0.5, 0.6) is 0 Å². The average molecular weight is 510 g/mol. The number of aliphatic hydroxyl groups excluding tert-OH is 1. The second kappa shape index (κ2) is 9.44. The highest BCUT2D eigenvalue weighted by molar-refractivity contribution is 7.64. The molecular weight excluding hydrogens is 477 g/mol. The van der Waals surface area contributed by atoms with Crippen molar-refractivity contribution in [3.8, 4) is 0 Å². The number of likely N-dealkylation sites (N-methyl/N-ethyl adjacent to an activating group) is 1. The van der Waals surface area contributed by atoms with Crippen molar-refractivity contribution in [2.45, 2.75) is 51.0 Å². The van der Waals surface area contributed by atoms with Gasteiger partial charge in [-0.1, -0.05) is 46.0 Å². The molecular formula is C26H32F4N3OP. The summed E-state index contributed by atoms with van der Waals surface area (Å²) in [5.41, 5.74) is 0.326. The summed E-state index contributed by atoms with van der Waals surface area (Å²) in [6.07, 6.45) is -2.05. The molecule has 0 aliphatic heterocycles. The predicted molar refractivity (Wildman–Crippen MR) is 133 cm³/mol. The summed E-state index contributed by atoms with van der Waals surface area (Å²) in [6.45, 7) is 8.12. The molecule has 1 heterocycles. The molecule has 1 N–H and O–H groups in total. The summed E-state index contributed by atoms with van der Waals surface area (Å²) in [5, 5.41) is 11.1. The molecule has 1 aromatic heterocycles. The second-order valence-electron chi connectivity index (χ2n) is 10.2. The molecule has 190 valence electrons. The zero-order chi connectivity index (χ0) is 25.7. The molecule has 0 saturated heterocycles. The maximum atomic E-state index is 14.2. The molecule has 2 aliphatic rings. The first-order valence-corrected chi connectivity index (χ1v) is 14.1. The number of hydrogen-bond donors (Lipinski definition) is 1. The first kappa shape index (κ1) is 26.0. The van der Waals surface area contributed by atoms with Crippen LogP contribution in [0.1, 0.15) is 49.1 Å². The van der Waals surface area contributed by atoms with E-state index in [9.17, 15) is 22.7 Å². The van der Waals surface area contributed by atoms with Gasteiger partial charge >= 0.3 is 6.18 Å². The van der Waals surface area contributed by atoms with E-state index in [0.717, 1.165) is 23.7 Å². The number of halogens is 4. The highest BCUT2D eigenvalue weighted by atomic mass is 31.1. The number of anilines is 1. The zero-order valence-corrected chi connectivity index (χ0v) is 21.6.